The molecule has 1 aliphatic rings. The molecule has 0 amide bonds. The first-order chi connectivity index (χ1) is 15.2. The van der Waals surface area contributed by atoms with Crippen molar-refractivity contribution >= 4 is 39.3 Å². The normalized spacial score (nSPS) is 13.6. The van der Waals surface area contributed by atoms with Crippen LogP contribution in [0.25, 0.3) is 27.1 Å². The standard InChI is InChI=1S/C22H16N6O2S/c29-28(30)16-8-7-14-9-10-26(13-15(14)12-16)21-18-5-2-1-4-17(18)20-23-24-22(27(20)25-21)19-6-3-11-31-19/h1-8,11-12H,9-10,13H2. The van der Waals surface area contributed by atoms with Crippen molar-refractivity contribution in [3.63, 3.8) is 0 Å². The van der Waals surface area contributed by atoms with Crippen molar-refractivity contribution in [3.8, 4) is 10.7 Å². The number of nitro groups is 1. The highest BCUT2D eigenvalue weighted by atomic mass is 32.1. The molecule has 1 aliphatic heterocycles. The number of hydrogen-bond donors (Lipinski definition) is 0. The largest absolute Gasteiger partial charge is 0.350 e. The van der Waals surface area contributed by atoms with Crippen LogP contribution < -0.4 is 4.90 Å². The third-order valence-corrected chi connectivity index (χ3v) is 6.56. The fourth-order valence-electron chi connectivity index (χ4n) is 4.20. The predicted octanol–water partition coefficient (Wildman–Crippen LogP) is 4.48. The zero-order valence-corrected chi connectivity index (χ0v) is 17.1. The first-order valence-electron chi connectivity index (χ1n) is 9.88. The van der Waals surface area contributed by atoms with Crippen LogP contribution in [0.3, 0.4) is 0 Å². The van der Waals surface area contributed by atoms with E-state index in [1.165, 1.54) is 0 Å². The van der Waals surface area contributed by atoms with Gasteiger partial charge >= 0.3 is 0 Å². The molecule has 0 aliphatic carbocycles. The minimum atomic E-state index is -0.344. The second-order valence-corrected chi connectivity index (χ2v) is 8.43. The molecule has 0 saturated heterocycles. The van der Waals surface area contributed by atoms with Crippen molar-refractivity contribution in [1.29, 1.82) is 0 Å². The lowest BCUT2D eigenvalue weighted by Gasteiger charge is -2.30. The van der Waals surface area contributed by atoms with Crippen molar-refractivity contribution < 1.29 is 4.92 Å². The SMILES string of the molecule is O=[N+]([O-])c1ccc2c(c1)CN(c1nn3c(-c4cccs4)nnc3c3ccccc13)CC2. The number of nitro benzene ring substituents is 1. The maximum Gasteiger partial charge on any atom is 0.269 e. The lowest BCUT2D eigenvalue weighted by molar-refractivity contribution is -0.384. The monoisotopic (exact) mass is 428 g/mol. The Morgan fingerprint density at radius 1 is 1.00 bits per heavy atom. The molecule has 6 rings (SSSR count). The van der Waals surface area contributed by atoms with Gasteiger partial charge in [-0.15, -0.1) is 26.6 Å². The highest BCUT2D eigenvalue weighted by Crippen LogP contribution is 2.33. The maximum absolute atomic E-state index is 11.2. The number of non-ortho nitro benzene ring substituents is 1. The van der Waals surface area contributed by atoms with Crippen LogP contribution in [0.15, 0.2) is 60.0 Å². The van der Waals surface area contributed by atoms with Gasteiger partial charge in [0.15, 0.2) is 17.3 Å². The van der Waals surface area contributed by atoms with E-state index < -0.39 is 0 Å². The van der Waals surface area contributed by atoms with Gasteiger partial charge in [0, 0.05) is 36.0 Å². The molecule has 8 nitrogen and oxygen atoms in total. The highest BCUT2D eigenvalue weighted by Gasteiger charge is 2.24. The number of hydrogen-bond acceptors (Lipinski definition) is 7. The zero-order chi connectivity index (χ0) is 20.9. The molecule has 0 radical (unpaired) electrons. The smallest absolute Gasteiger partial charge is 0.269 e. The van der Waals surface area contributed by atoms with E-state index in [-0.39, 0.29) is 10.6 Å². The summed E-state index contributed by atoms with van der Waals surface area (Å²) in [6, 6.07) is 17.2. The summed E-state index contributed by atoms with van der Waals surface area (Å²) in [6.07, 6.45) is 0.807. The number of aromatic nitrogens is 4. The first kappa shape index (κ1) is 18.0. The number of anilines is 1. The molecular weight excluding hydrogens is 412 g/mol. The van der Waals surface area contributed by atoms with Crippen LogP contribution in [0, 0.1) is 10.1 Å². The summed E-state index contributed by atoms with van der Waals surface area (Å²) in [4.78, 5) is 14.1. The van der Waals surface area contributed by atoms with Crippen LogP contribution in [0.5, 0.6) is 0 Å². The van der Waals surface area contributed by atoms with Crippen LogP contribution in [0.4, 0.5) is 11.5 Å². The average molecular weight is 428 g/mol. The minimum absolute atomic E-state index is 0.118. The molecule has 0 N–H and O–H groups in total. The molecule has 152 valence electrons. The number of fused-ring (bicyclic) bond motifs is 4. The molecule has 3 aromatic heterocycles. The Hall–Kier alpha value is -3.85. The molecule has 31 heavy (non-hydrogen) atoms. The topological polar surface area (TPSA) is 89.5 Å². The molecule has 0 spiro atoms. The van der Waals surface area contributed by atoms with Gasteiger partial charge in [-0.3, -0.25) is 10.1 Å². The van der Waals surface area contributed by atoms with Gasteiger partial charge in [-0.25, -0.2) is 0 Å². The third kappa shape index (κ3) is 2.85. The van der Waals surface area contributed by atoms with Gasteiger partial charge in [0.05, 0.1) is 9.80 Å². The predicted molar refractivity (Wildman–Crippen MR) is 119 cm³/mol. The summed E-state index contributed by atoms with van der Waals surface area (Å²) >= 11 is 1.60. The summed E-state index contributed by atoms with van der Waals surface area (Å²) in [7, 11) is 0. The molecule has 4 heterocycles. The minimum Gasteiger partial charge on any atom is -0.350 e. The molecule has 5 aromatic rings. The van der Waals surface area contributed by atoms with E-state index in [2.05, 4.69) is 15.1 Å². The van der Waals surface area contributed by atoms with Gasteiger partial charge < -0.3 is 4.90 Å². The first-order valence-corrected chi connectivity index (χ1v) is 10.8. The second kappa shape index (κ2) is 6.85. The maximum atomic E-state index is 11.2. The Morgan fingerprint density at radius 3 is 2.68 bits per heavy atom. The van der Waals surface area contributed by atoms with Crippen molar-refractivity contribution in [2.45, 2.75) is 13.0 Å². The van der Waals surface area contributed by atoms with E-state index in [0.717, 1.165) is 51.2 Å². The van der Waals surface area contributed by atoms with Crippen molar-refractivity contribution in [2.75, 3.05) is 11.4 Å². The number of rotatable bonds is 3. The van der Waals surface area contributed by atoms with Crippen LogP contribution >= 0.6 is 11.3 Å². The Morgan fingerprint density at radius 2 is 1.87 bits per heavy atom. The van der Waals surface area contributed by atoms with E-state index in [4.69, 9.17) is 5.10 Å². The van der Waals surface area contributed by atoms with Crippen molar-refractivity contribution in [2.24, 2.45) is 0 Å². The van der Waals surface area contributed by atoms with E-state index in [9.17, 15) is 10.1 Å². The quantitative estimate of drug-likeness (QED) is 0.311. The van der Waals surface area contributed by atoms with E-state index >= 15 is 0 Å². The van der Waals surface area contributed by atoms with E-state index in [1.54, 1.807) is 23.5 Å². The molecular formula is C22H16N6O2S. The van der Waals surface area contributed by atoms with Crippen LogP contribution in [0.2, 0.25) is 0 Å². The fourth-order valence-corrected chi connectivity index (χ4v) is 4.89. The molecule has 0 fully saturated rings. The second-order valence-electron chi connectivity index (χ2n) is 7.49. The Bertz CT molecular complexity index is 1460. The van der Waals surface area contributed by atoms with Crippen molar-refractivity contribution in [3.05, 3.63) is 81.2 Å². The summed E-state index contributed by atoms with van der Waals surface area (Å²) < 4.78 is 1.81. The van der Waals surface area contributed by atoms with Crippen LogP contribution in [-0.4, -0.2) is 31.3 Å². The molecule has 2 aromatic carbocycles. The van der Waals surface area contributed by atoms with E-state index in [1.807, 2.05) is 52.4 Å². The molecule has 0 saturated carbocycles. The number of thiophene rings is 1. The van der Waals surface area contributed by atoms with Gasteiger partial charge in [-0.05, 0) is 29.0 Å². The summed E-state index contributed by atoms with van der Waals surface area (Å²) in [6.45, 7) is 1.35. The lowest BCUT2D eigenvalue weighted by Crippen LogP contribution is -2.31. The van der Waals surface area contributed by atoms with Gasteiger partial charge in [0.1, 0.15) is 0 Å². The Labute approximate surface area is 180 Å². The third-order valence-electron chi connectivity index (χ3n) is 5.70. The Balaban J connectivity index is 1.53. The van der Waals surface area contributed by atoms with Gasteiger partial charge in [-0.1, -0.05) is 36.4 Å². The fraction of sp³-hybridized carbons (Fsp3) is 0.136. The Kier molecular flexibility index (Phi) is 3.97. The molecule has 0 bridgehead atoms. The number of nitrogens with zero attached hydrogens (tertiary/aromatic N) is 6. The average Bonchev–Trinajstić information content (AvgIpc) is 3.47. The van der Waals surface area contributed by atoms with Gasteiger partial charge in [0.2, 0.25) is 0 Å². The summed E-state index contributed by atoms with van der Waals surface area (Å²) in [5.74, 6) is 1.54. The van der Waals surface area contributed by atoms with Crippen LogP contribution in [-0.2, 0) is 13.0 Å². The highest BCUT2D eigenvalue weighted by molar-refractivity contribution is 7.13. The van der Waals surface area contributed by atoms with Crippen molar-refractivity contribution in [1.82, 2.24) is 19.8 Å². The zero-order valence-electron chi connectivity index (χ0n) is 16.3. The van der Waals surface area contributed by atoms with Gasteiger partial charge in [0.25, 0.3) is 5.69 Å². The van der Waals surface area contributed by atoms with Gasteiger partial charge in [-0.2, -0.15) is 4.52 Å². The lowest BCUT2D eigenvalue weighted by atomic mass is 9.98. The summed E-state index contributed by atoms with van der Waals surface area (Å²) in [5.41, 5.74) is 2.95. The number of benzene rings is 2. The van der Waals surface area contributed by atoms with Crippen LogP contribution in [0.1, 0.15) is 11.1 Å². The molecule has 0 unspecified atom stereocenters. The molecule has 9 heteroatoms. The summed E-state index contributed by atoms with van der Waals surface area (Å²) in [5, 5.41) is 29.0. The van der Waals surface area contributed by atoms with E-state index in [0.29, 0.717) is 12.4 Å². The molecule has 0 atom stereocenters.